The third kappa shape index (κ3) is 3.21. The van der Waals surface area contributed by atoms with Crippen LogP contribution in [0.4, 0.5) is 0 Å². The molecule has 1 heterocycles. The van der Waals surface area contributed by atoms with E-state index in [9.17, 15) is 4.79 Å². The van der Waals surface area contributed by atoms with Crippen LogP contribution in [0.2, 0.25) is 0 Å². The Hall–Kier alpha value is -1.35. The van der Waals surface area contributed by atoms with E-state index in [1.165, 1.54) is 17.5 Å². The van der Waals surface area contributed by atoms with Crippen molar-refractivity contribution < 1.29 is 4.79 Å². The number of hydrogen-bond acceptors (Lipinski definition) is 2. The molecule has 2 aliphatic rings. The van der Waals surface area contributed by atoms with E-state index in [1.807, 2.05) is 0 Å². The Morgan fingerprint density at radius 3 is 2.85 bits per heavy atom. The Morgan fingerprint density at radius 1 is 1.10 bits per heavy atom. The Balaban J connectivity index is 1.58. The number of carbonyl (C=O) groups excluding carboxylic acids is 1. The van der Waals surface area contributed by atoms with Crippen LogP contribution < -0.4 is 10.6 Å². The van der Waals surface area contributed by atoms with Gasteiger partial charge in [0.2, 0.25) is 5.91 Å². The highest BCUT2D eigenvalue weighted by Gasteiger charge is 2.26. The van der Waals surface area contributed by atoms with Crippen molar-refractivity contribution in [2.45, 2.75) is 44.6 Å². The van der Waals surface area contributed by atoms with E-state index in [1.54, 1.807) is 0 Å². The molecule has 1 aliphatic carbocycles. The highest BCUT2D eigenvalue weighted by molar-refractivity contribution is 5.79. The number of fused-ring (bicyclic) bond motifs is 1. The summed E-state index contributed by atoms with van der Waals surface area (Å²) in [5.74, 6) is 0.438. The van der Waals surface area contributed by atoms with E-state index in [2.05, 4.69) is 34.9 Å². The number of nitrogens with one attached hydrogen (secondary N) is 2. The van der Waals surface area contributed by atoms with Gasteiger partial charge < -0.3 is 10.6 Å². The highest BCUT2D eigenvalue weighted by atomic mass is 16.1. The molecule has 3 heteroatoms. The molecule has 1 aromatic rings. The molecule has 1 aromatic carbocycles. The molecule has 1 aliphatic heterocycles. The molecule has 0 aromatic heterocycles. The van der Waals surface area contributed by atoms with Gasteiger partial charge in [-0.25, -0.2) is 0 Å². The third-order valence-corrected chi connectivity index (χ3v) is 4.64. The minimum atomic E-state index is 0.168. The first-order valence-electron chi connectivity index (χ1n) is 7.91. The molecule has 0 radical (unpaired) electrons. The quantitative estimate of drug-likeness (QED) is 0.865. The molecular weight excluding hydrogens is 248 g/mol. The van der Waals surface area contributed by atoms with Gasteiger partial charge in [0.25, 0.3) is 0 Å². The highest BCUT2D eigenvalue weighted by Crippen LogP contribution is 2.25. The van der Waals surface area contributed by atoms with Crippen molar-refractivity contribution >= 4 is 5.91 Å². The molecule has 0 spiro atoms. The standard InChI is InChI=1S/C17H24N2O/c20-17(19-16-6-3-10-18-11-9-16)15-8-7-13-4-1-2-5-14(13)12-15/h1-2,4-5,15-16,18H,3,6-12H2,(H,19,20). The van der Waals surface area contributed by atoms with Crippen LogP contribution in [0.1, 0.15) is 36.8 Å². The summed E-state index contributed by atoms with van der Waals surface area (Å²) >= 11 is 0. The van der Waals surface area contributed by atoms with E-state index in [0.717, 1.165) is 45.2 Å². The van der Waals surface area contributed by atoms with Gasteiger partial charge in [-0.1, -0.05) is 24.3 Å². The van der Waals surface area contributed by atoms with Gasteiger partial charge in [-0.05, 0) is 62.7 Å². The molecule has 2 N–H and O–H groups in total. The van der Waals surface area contributed by atoms with Gasteiger partial charge >= 0.3 is 0 Å². The molecule has 2 unspecified atom stereocenters. The van der Waals surface area contributed by atoms with Gasteiger partial charge in [-0.2, -0.15) is 0 Å². The average molecular weight is 272 g/mol. The molecule has 1 saturated heterocycles. The Labute approximate surface area is 121 Å². The van der Waals surface area contributed by atoms with Gasteiger partial charge in [0.15, 0.2) is 0 Å². The zero-order chi connectivity index (χ0) is 13.8. The molecule has 3 rings (SSSR count). The van der Waals surface area contributed by atoms with Crippen molar-refractivity contribution in [2.24, 2.45) is 5.92 Å². The third-order valence-electron chi connectivity index (χ3n) is 4.64. The van der Waals surface area contributed by atoms with Crippen molar-refractivity contribution in [3.05, 3.63) is 35.4 Å². The number of carbonyl (C=O) groups is 1. The fraction of sp³-hybridized carbons (Fsp3) is 0.588. The summed E-state index contributed by atoms with van der Waals surface area (Å²) in [6, 6.07) is 8.91. The van der Waals surface area contributed by atoms with E-state index in [4.69, 9.17) is 0 Å². The fourth-order valence-corrected chi connectivity index (χ4v) is 3.40. The second-order valence-corrected chi connectivity index (χ2v) is 6.09. The largest absolute Gasteiger partial charge is 0.353 e. The molecule has 0 bridgehead atoms. The van der Waals surface area contributed by atoms with Crippen molar-refractivity contribution in [3.8, 4) is 0 Å². The second-order valence-electron chi connectivity index (χ2n) is 6.09. The lowest BCUT2D eigenvalue weighted by Crippen LogP contribution is -2.41. The number of amides is 1. The SMILES string of the molecule is O=C(NC1CCCNCC1)C1CCc2ccccc2C1. The Bertz CT molecular complexity index is 464. The van der Waals surface area contributed by atoms with Crippen LogP contribution in [0.5, 0.6) is 0 Å². The minimum Gasteiger partial charge on any atom is -0.353 e. The van der Waals surface area contributed by atoms with Gasteiger partial charge in [-0.3, -0.25) is 4.79 Å². The summed E-state index contributed by atoms with van der Waals surface area (Å²) in [7, 11) is 0. The second kappa shape index (κ2) is 6.40. The molecule has 0 saturated carbocycles. The first-order chi connectivity index (χ1) is 9.83. The zero-order valence-electron chi connectivity index (χ0n) is 12.0. The van der Waals surface area contributed by atoms with Crippen LogP contribution in [0.25, 0.3) is 0 Å². The smallest absolute Gasteiger partial charge is 0.223 e. The molecular formula is C17H24N2O. The predicted octanol–water partition coefficient (Wildman–Crippen LogP) is 2.05. The van der Waals surface area contributed by atoms with Crippen LogP contribution in [-0.2, 0) is 17.6 Å². The summed E-state index contributed by atoms with van der Waals surface area (Å²) < 4.78 is 0. The fourth-order valence-electron chi connectivity index (χ4n) is 3.40. The lowest BCUT2D eigenvalue weighted by atomic mass is 9.83. The molecule has 1 amide bonds. The number of aryl methyl sites for hydroxylation is 1. The van der Waals surface area contributed by atoms with Gasteiger partial charge in [0.05, 0.1) is 0 Å². The van der Waals surface area contributed by atoms with E-state index >= 15 is 0 Å². The molecule has 20 heavy (non-hydrogen) atoms. The van der Waals surface area contributed by atoms with Crippen molar-refractivity contribution in [1.82, 2.24) is 10.6 Å². The number of rotatable bonds is 2. The molecule has 108 valence electrons. The predicted molar refractivity (Wildman–Crippen MR) is 80.6 cm³/mol. The van der Waals surface area contributed by atoms with E-state index < -0.39 is 0 Å². The first kappa shape index (κ1) is 13.6. The summed E-state index contributed by atoms with van der Waals surface area (Å²) in [6.45, 7) is 2.11. The van der Waals surface area contributed by atoms with Crippen LogP contribution in [-0.4, -0.2) is 25.0 Å². The van der Waals surface area contributed by atoms with Crippen LogP contribution in [0, 0.1) is 5.92 Å². The van der Waals surface area contributed by atoms with Crippen molar-refractivity contribution in [1.29, 1.82) is 0 Å². The first-order valence-corrected chi connectivity index (χ1v) is 7.91. The molecule has 1 fully saturated rings. The topological polar surface area (TPSA) is 41.1 Å². The summed E-state index contributed by atoms with van der Waals surface area (Å²) in [6.07, 6.45) is 6.29. The number of hydrogen-bond donors (Lipinski definition) is 2. The van der Waals surface area contributed by atoms with Crippen LogP contribution in [0.15, 0.2) is 24.3 Å². The van der Waals surface area contributed by atoms with Crippen LogP contribution in [0.3, 0.4) is 0 Å². The summed E-state index contributed by atoms with van der Waals surface area (Å²) in [5.41, 5.74) is 2.79. The zero-order valence-corrected chi connectivity index (χ0v) is 12.0. The van der Waals surface area contributed by atoms with E-state index in [0.29, 0.717) is 6.04 Å². The van der Waals surface area contributed by atoms with Gasteiger partial charge in [0.1, 0.15) is 0 Å². The molecule has 3 nitrogen and oxygen atoms in total. The van der Waals surface area contributed by atoms with Crippen molar-refractivity contribution in [3.63, 3.8) is 0 Å². The minimum absolute atomic E-state index is 0.168. The van der Waals surface area contributed by atoms with Gasteiger partial charge in [-0.15, -0.1) is 0 Å². The van der Waals surface area contributed by atoms with Crippen molar-refractivity contribution in [2.75, 3.05) is 13.1 Å². The maximum atomic E-state index is 12.5. The lowest BCUT2D eigenvalue weighted by molar-refractivity contribution is -0.126. The van der Waals surface area contributed by atoms with Gasteiger partial charge in [0, 0.05) is 12.0 Å². The van der Waals surface area contributed by atoms with E-state index in [-0.39, 0.29) is 11.8 Å². The normalized spacial score (nSPS) is 26.4. The summed E-state index contributed by atoms with van der Waals surface area (Å²) in [4.78, 5) is 12.5. The molecule has 2 atom stereocenters. The monoisotopic (exact) mass is 272 g/mol. The van der Waals surface area contributed by atoms with Crippen LogP contribution >= 0.6 is 0 Å². The number of benzene rings is 1. The average Bonchev–Trinajstić information content (AvgIpc) is 2.75. The Kier molecular flexibility index (Phi) is 4.36. The Morgan fingerprint density at radius 2 is 1.95 bits per heavy atom. The maximum absolute atomic E-state index is 12.5. The maximum Gasteiger partial charge on any atom is 0.223 e. The lowest BCUT2D eigenvalue weighted by Gasteiger charge is -2.26. The summed E-state index contributed by atoms with van der Waals surface area (Å²) in [5, 5.41) is 6.67.